The second-order valence-electron chi connectivity index (χ2n) is 4.45. The summed E-state index contributed by atoms with van der Waals surface area (Å²) < 4.78 is 13.6. The Kier molecular flexibility index (Phi) is 4.05. The molecule has 1 aromatic carbocycles. The Balaban J connectivity index is 1.98. The fraction of sp³-hybridized carbons (Fsp3) is 0.267. The molecular weight excluding hydrogens is 227 g/mol. The fourth-order valence-corrected chi connectivity index (χ4v) is 1.80. The zero-order valence-electron chi connectivity index (χ0n) is 10.7. The van der Waals surface area contributed by atoms with Crippen molar-refractivity contribution >= 4 is 0 Å². The molecule has 1 N–H and O–H groups in total. The van der Waals surface area contributed by atoms with Crippen LogP contribution in [0.2, 0.25) is 0 Å². The van der Waals surface area contributed by atoms with Crippen LogP contribution in [-0.4, -0.2) is 4.98 Å². The first kappa shape index (κ1) is 12.7. The molecule has 0 fully saturated rings. The first-order chi connectivity index (χ1) is 8.66. The van der Waals surface area contributed by atoms with Crippen molar-refractivity contribution in [2.45, 2.75) is 26.4 Å². The van der Waals surface area contributed by atoms with Crippen LogP contribution in [0, 0.1) is 12.7 Å². The van der Waals surface area contributed by atoms with Crippen LogP contribution in [0.1, 0.15) is 29.8 Å². The van der Waals surface area contributed by atoms with Gasteiger partial charge in [0, 0.05) is 24.3 Å². The van der Waals surface area contributed by atoms with E-state index in [0.29, 0.717) is 12.1 Å². The van der Waals surface area contributed by atoms with E-state index in [-0.39, 0.29) is 11.9 Å². The lowest BCUT2D eigenvalue weighted by molar-refractivity contribution is 0.524. The smallest absolute Gasteiger partial charge is 0.127 e. The van der Waals surface area contributed by atoms with E-state index in [1.165, 1.54) is 6.07 Å². The van der Waals surface area contributed by atoms with Crippen LogP contribution in [0.15, 0.2) is 42.6 Å². The van der Waals surface area contributed by atoms with Gasteiger partial charge in [0.25, 0.3) is 0 Å². The molecule has 94 valence electrons. The third-order valence-electron chi connectivity index (χ3n) is 2.93. The lowest BCUT2D eigenvalue weighted by Crippen LogP contribution is -2.19. The van der Waals surface area contributed by atoms with Crippen LogP contribution in [0.3, 0.4) is 0 Å². The van der Waals surface area contributed by atoms with Crippen LogP contribution in [0.25, 0.3) is 0 Å². The van der Waals surface area contributed by atoms with Gasteiger partial charge in [-0.05, 0) is 31.5 Å². The summed E-state index contributed by atoms with van der Waals surface area (Å²) in [7, 11) is 0. The van der Waals surface area contributed by atoms with Gasteiger partial charge in [-0.15, -0.1) is 0 Å². The highest BCUT2D eigenvalue weighted by molar-refractivity contribution is 5.21. The summed E-state index contributed by atoms with van der Waals surface area (Å²) in [4.78, 5) is 4.31. The standard InChI is InChI=1S/C15H17FN2/c1-11-7-8-13(18-9-11)10-17-12(2)14-5-3-4-6-15(14)16/h3-9,12,17H,10H2,1-2H3. The topological polar surface area (TPSA) is 24.9 Å². The number of aromatic nitrogens is 1. The number of benzene rings is 1. The van der Waals surface area contributed by atoms with Gasteiger partial charge in [0.1, 0.15) is 5.82 Å². The molecule has 2 rings (SSSR count). The zero-order valence-corrected chi connectivity index (χ0v) is 10.7. The maximum absolute atomic E-state index is 13.6. The van der Waals surface area contributed by atoms with Crippen molar-refractivity contribution in [3.63, 3.8) is 0 Å². The Morgan fingerprint density at radius 2 is 2.00 bits per heavy atom. The molecule has 0 saturated carbocycles. The lowest BCUT2D eigenvalue weighted by Gasteiger charge is -2.14. The molecule has 0 spiro atoms. The molecule has 0 radical (unpaired) electrons. The molecule has 18 heavy (non-hydrogen) atoms. The Morgan fingerprint density at radius 3 is 2.67 bits per heavy atom. The van der Waals surface area contributed by atoms with Crippen molar-refractivity contribution in [1.29, 1.82) is 0 Å². The summed E-state index contributed by atoms with van der Waals surface area (Å²) in [6, 6.07) is 10.8. The van der Waals surface area contributed by atoms with Crippen molar-refractivity contribution in [1.82, 2.24) is 10.3 Å². The highest BCUT2D eigenvalue weighted by Gasteiger charge is 2.09. The van der Waals surface area contributed by atoms with Gasteiger partial charge in [-0.2, -0.15) is 0 Å². The molecule has 3 heteroatoms. The summed E-state index contributed by atoms with van der Waals surface area (Å²) in [5.74, 6) is -0.172. The summed E-state index contributed by atoms with van der Waals surface area (Å²) >= 11 is 0. The van der Waals surface area contributed by atoms with Crippen LogP contribution in [0.4, 0.5) is 4.39 Å². The van der Waals surface area contributed by atoms with E-state index in [1.807, 2.05) is 38.2 Å². The molecule has 2 aromatic rings. The number of hydrogen-bond donors (Lipinski definition) is 1. The highest BCUT2D eigenvalue weighted by atomic mass is 19.1. The summed E-state index contributed by atoms with van der Waals surface area (Å²) in [6.45, 7) is 4.59. The molecule has 2 nitrogen and oxygen atoms in total. The maximum atomic E-state index is 13.6. The average Bonchev–Trinajstić information content (AvgIpc) is 2.38. The molecule has 0 saturated heterocycles. The van der Waals surface area contributed by atoms with Gasteiger partial charge in [0.15, 0.2) is 0 Å². The number of aryl methyl sites for hydroxylation is 1. The highest BCUT2D eigenvalue weighted by Crippen LogP contribution is 2.16. The third-order valence-corrected chi connectivity index (χ3v) is 2.93. The third kappa shape index (κ3) is 3.14. The molecule has 1 aromatic heterocycles. The predicted molar refractivity (Wildman–Crippen MR) is 70.6 cm³/mol. The molecular formula is C15H17FN2. The SMILES string of the molecule is Cc1ccc(CNC(C)c2ccccc2F)nc1. The largest absolute Gasteiger partial charge is 0.304 e. The van der Waals surface area contributed by atoms with E-state index < -0.39 is 0 Å². The van der Waals surface area contributed by atoms with Crippen LogP contribution >= 0.6 is 0 Å². The zero-order chi connectivity index (χ0) is 13.0. The fourth-order valence-electron chi connectivity index (χ4n) is 1.80. The Hall–Kier alpha value is -1.74. The minimum Gasteiger partial charge on any atom is -0.304 e. The normalized spacial score (nSPS) is 12.4. The second-order valence-corrected chi connectivity index (χ2v) is 4.45. The number of hydrogen-bond acceptors (Lipinski definition) is 2. The minimum absolute atomic E-state index is 0.0331. The molecule has 1 heterocycles. The molecule has 1 unspecified atom stereocenters. The van der Waals surface area contributed by atoms with Gasteiger partial charge in [-0.3, -0.25) is 4.98 Å². The Bertz CT molecular complexity index is 508. The van der Waals surface area contributed by atoms with Crippen molar-refractivity contribution in [2.75, 3.05) is 0 Å². The van der Waals surface area contributed by atoms with Gasteiger partial charge < -0.3 is 5.32 Å². The van der Waals surface area contributed by atoms with E-state index in [9.17, 15) is 4.39 Å². The number of rotatable bonds is 4. The molecule has 0 aliphatic heterocycles. The van der Waals surface area contributed by atoms with Crippen LogP contribution in [0.5, 0.6) is 0 Å². The van der Waals surface area contributed by atoms with Crippen LogP contribution in [-0.2, 0) is 6.54 Å². The molecule has 0 aliphatic carbocycles. The van der Waals surface area contributed by atoms with Gasteiger partial charge in [-0.1, -0.05) is 24.3 Å². The van der Waals surface area contributed by atoms with E-state index >= 15 is 0 Å². The minimum atomic E-state index is -0.172. The Morgan fingerprint density at radius 1 is 1.22 bits per heavy atom. The summed E-state index contributed by atoms with van der Waals surface area (Å²) in [5, 5.41) is 3.27. The average molecular weight is 244 g/mol. The van der Waals surface area contributed by atoms with Crippen molar-refractivity contribution in [3.05, 3.63) is 65.2 Å². The maximum Gasteiger partial charge on any atom is 0.127 e. The number of pyridine rings is 1. The van der Waals surface area contributed by atoms with E-state index in [1.54, 1.807) is 12.1 Å². The van der Waals surface area contributed by atoms with Crippen molar-refractivity contribution < 1.29 is 4.39 Å². The Labute approximate surface area is 107 Å². The lowest BCUT2D eigenvalue weighted by atomic mass is 10.1. The summed E-state index contributed by atoms with van der Waals surface area (Å²) in [6.07, 6.45) is 1.84. The molecule has 1 atom stereocenters. The first-order valence-electron chi connectivity index (χ1n) is 6.06. The van der Waals surface area contributed by atoms with Crippen molar-refractivity contribution in [3.8, 4) is 0 Å². The van der Waals surface area contributed by atoms with Gasteiger partial charge in [0.05, 0.1) is 5.69 Å². The second kappa shape index (κ2) is 5.74. The van der Waals surface area contributed by atoms with Gasteiger partial charge in [0.2, 0.25) is 0 Å². The van der Waals surface area contributed by atoms with E-state index in [0.717, 1.165) is 11.3 Å². The van der Waals surface area contributed by atoms with Crippen molar-refractivity contribution in [2.24, 2.45) is 0 Å². The first-order valence-corrected chi connectivity index (χ1v) is 6.06. The monoisotopic (exact) mass is 244 g/mol. The molecule has 0 amide bonds. The predicted octanol–water partition coefficient (Wildman–Crippen LogP) is 3.38. The van der Waals surface area contributed by atoms with E-state index in [4.69, 9.17) is 0 Å². The number of nitrogens with zero attached hydrogens (tertiary/aromatic N) is 1. The summed E-state index contributed by atoms with van der Waals surface area (Å²) in [5.41, 5.74) is 2.79. The van der Waals surface area contributed by atoms with Crippen LogP contribution < -0.4 is 5.32 Å². The molecule has 0 bridgehead atoms. The quantitative estimate of drug-likeness (QED) is 0.891. The van der Waals surface area contributed by atoms with E-state index in [2.05, 4.69) is 10.3 Å². The number of halogens is 1. The van der Waals surface area contributed by atoms with Gasteiger partial charge in [-0.25, -0.2) is 4.39 Å². The molecule has 0 aliphatic rings. The van der Waals surface area contributed by atoms with Gasteiger partial charge >= 0.3 is 0 Å². The number of nitrogens with one attached hydrogen (secondary N) is 1.